The number of hydrogen-bond donors (Lipinski definition) is 3. The molecule has 2 aromatic rings. The minimum atomic E-state index is -0.848. The number of carbonyl (C=O) groups is 3. The molecule has 1 spiro atoms. The van der Waals surface area contributed by atoms with Gasteiger partial charge >= 0.3 is 6.03 Å². The van der Waals surface area contributed by atoms with Crippen molar-refractivity contribution in [3.63, 3.8) is 0 Å². The average molecular weight is 413 g/mol. The van der Waals surface area contributed by atoms with Gasteiger partial charge in [-0.2, -0.15) is 5.01 Å². The fraction of sp³-hybridized carbons (Fsp3) is 0.381. The van der Waals surface area contributed by atoms with E-state index in [1.807, 2.05) is 47.8 Å². The lowest BCUT2D eigenvalue weighted by atomic mass is 9.82. The molecular formula is C21H24N4O3S. The first kappa shape index (κ1) is 19.6. The number of urea groups is 1. The molecule has 0 bridgehead atoms. The van der Waals surface area contributed by atoms with Crippen molar-refractivity contribution in [2.24, 2.45) is 0 Å². The molecule has 1 saturated heterocycles. The maximum Gasteiger partial charge on any atom is 0.344 e. The Morgan fingerprint density at radius 1 is 1.10 bits per heavy atom. The molecule has 29 heavy (non-hydrogen) atoms. The van der Waals surface area contributed by atoms with Gasteiger partial charge in [0, 0.05) is 4.88 Å². The molecule has 1 aromatic heterocycles. The number of thiophene rings is 1. The highest BCUT2D eigenvalue weighted by atomic mass is 32.1. The molecule has 2 aliphatic rings. The van der Waals surface area contributed by atoms with Crippen LogP contribution in [0, 0.1) is 0 Å². The van der Waals surface area contributed by atoms with E-state index in [1.54, 1.807) is 11.3 Å². The summed E-state index contributed by atoms with van der Waals surface area (Å²) in [6.45, 7) is -0.0263. The van der Waals surface area contributed by atoms with Crippen molar-refractivity contribution in [1.29, 1.82) is 0 Å². The largest absolute Gasteiger partial charge is 0.344 e. The molecule has 8 heteroatoms. The number of rotatable bonds is 6. The minimum Gasteiger partial charge on any atom is -0.322 e. The van der Waals surface area contributed by atoms with Gasteiger partial charge in [-0.05, 0) is 29.9 Å². The Labute approximate surface area is 173 Å². The molecule has 1 aliphatic carbocycles. The van der Waals surface area contributed by atoms with Crippen LogP contribution in [0.25, 0.3) is 0 Å². The molecule has 1 aromatic carbocycles. The summed E-state index contributed by atoms with van der Waals surface area (Å²) in [5.41, 5.74) is 2.67. The van der Waals surface area contributed by atoms with Crippen molar-refractivity contribution in [3.8, 4) is 0 Å². The van der Waals surface area contributed by atoms with E-state index in [4.69, 9.17) is 0 Å². The third kappa shape index (κ3) is 4.04. The summed E-state index contributed by atoms with van der Waals surface area (Å²) < 4.78 is 0. The second-order valence-corrected chi connectivity index (χ2v) is 8.47. The van der Waals surface area contributed by atoms with Crippen molar-refractivity contribution in [2.75, 3.05) is 6.54 Å². The first-order chi connectivity index (χ1) is 14.1. The topological polar surface area (TPSA) is 90.5 Å². The molecule has 2 heterocycles. The Kier molecular flexibility index (Phi) is 5.64. The van der Waals surface area contributed by atoms with Gasteiger partial charge in [0.1, 0.15) is 5.54 Å². The van der Waals surface area contributed by atoms with E-state index < -0.39 is 17.5 Å². The van der Waals surface area contributed by atoms with Gasteiger partial charge in [0.15, 0.2) is 0 Å². The van der Waals surface area contributed by atoms with Crippen LogP contribution in [0.1, 0.15) is 48.6 Å². The maximum absolute atomic E-state index is 12.8. The quantitative estimate of drug-likeness (QED) is 0.637. The Morgan fingerprint density at radius 3 is 2.55 bits per heavy atom. The molecule has 3 N–H and O–H groups in total. The number of carbonyl (C=O) groups excluding carboxylic acids is 3. The number of imide groups is 1. The molecule has 4 amide bonds. The Bertz CT molecular complexity index is 879. The first-order valence-corrected chi connectivity index (χ1v) is 10.7. The van der Waals surface area contributed by atoms with Crippen molar-refractivity contribution in [1.82, 2.24) is 21.1 Å². The lowest BCUT2D eigenvalue weighted by molar-refractivity contribution is -0.139. The number of nitrogens with one attached hydrogen (secondary N) is 3. The van der Waals surface area contributed by atoms with E-state index in [-0.39, 0.29) is 18.5 Å². The van der Waals surface area contributed by atoms with Crippen molar-refractivity contribution < 1.29 is 14.4 Å². The average Bonchev–Trinajstić information content (AvgIpc) is 3.34. The van der Waals surface area contributed by atoms with Gasteiger partial charge in [0.2, 0.25) is 0 Å². The van der Waals surface area contributed by atoms with Crippen LogP contribution in [0.2, 0.25) is 0 Å². The summed E-state index contributed by atoms with van der Waals surface area (Å²) in [7, 11) is 0. The van der Waals surface area contributed by atoms with E-state index in [9.17, 15) is 14.4 Å². The maximum atomic E-state index is 12.8. The predicted octanol–water partition coefficient (Wildman–Crippen LogP) is 2.71. The van der Waals surface area contributed by atoms with Crippen LogP contribution in [0.5, 0.6) is 0 Å². The van der Waals surface area contributed by atoms with Gasteiger partial charge in [-0.25, -0.2) is 4.79 Å². The van der Waals surface area contributed by atoms with Crippen LogP contribution in [-0.2, 0) is 9.59 Å². The van der Waals surface area contributed by atoms with E-state index in [2.05, 4.69) is 16.1 Å². The summed E-state index contributed by atoms with van der Waals surface area (Å²) in [5, 5.41) is 8.87. The van der Waals surface area contributed by atoms with E-state index in [0.29, 0.717) is 12.8 Å². The summed E-state index contributed by atoms with van der Waals surface area (Å²) in [6, 6.07) is 13.1. The van der Waals surface area contributed by atoms with E-state index in [0.717, 1.165) is 34.7 Å². The van der Waals surface area contributed by atoms with Gasteiger partial charge in [0.05, 0.1) is 12.6 Å². The summed E-state index contributed by atoms with van der Waals surface area (Å²) in [4.78, 5) is 38.7. The molecule has 1 saturated carbocycles. The van der Waals surface area contributed by atoms with Crippen LogP contribution < -0.4 is 16.1 Å². The van der Waals surface area contributed by atoms with Gasteiger partial charge < -0.3 is 5.32 Å². The lowest BCUT2D eigenvalue weighted by Crippen LogP contribution is -2.52. The molecule has 0 radical (unpaired) electrons. The smallest absolute Gasteiger partial charge is 0.322 e. The van der Waals surface area contributed by atoms with Crippen molar-refractivity contribution in [2.45, 2.75) is 43.7 Å². The second kappa shape index (κ2) is 8.34. The Morgan fingerprint density at radius 2 is 1.86 bits per heavy atom. The van der Waals surface area contributed by atoms with Crippen LogP contribution in [0.4, 0.5) is 4.79 Å². The van der Waals surface area contributed by atoms with Crippen LogP contribution >= 0.6 is 11.3 Å². The summed E-state index contributed by atoms with van der Waals surface area (Å²) in [5.74, 6) is -0.785. The van der Waals surface area contributed by atoms with Crippen LogP contribution in [-0.4, -0.2) is 34.9 Å². The lowest BCUT2D eigenvalue weighted by Gasteiger charge is -2.30. The first-order valence-electron chi connectivity index (χ1n) is 9.87. The van der Waals surface area contributed by atoms with Gasteiger partial charge in [-0.1, -0.05) is 55.7 Å². The molecule has 2 fully saturated rings. The monoisotopic (exact) mass is 412 g/mol. The zero-order chi connectivity index (χ0) is 20.3. The number of hydrazine groups is 1. The molecular weight excluding hydrogens is 388 g/mol. The Hall–Kier alpha value is -2.71. The minimum absolute atomic E-state index is 0.0263. The number of amides is 4. The highest BCUT2D eigenvalue weighted by Gasteiger charge is 2.52. The summed E-state index contributed by atoms with van der Waals surface area (Å²) >= 11 is 1.60. The normalized spacial score (nSPS) is 19.2. The fourth-order valence-corrected chi connectivity index (χ4v) is 4.89. The van der Waals surface area contributed by atoms with E-state index >= 15 is 0 Å². The number of hydrogen-bond acceptors (Lipinski definition) is 5. The molecule has 7 nitrogen and oxygen atoms in total. The third-order valence-electron chi connectivity index (χ3n) is 5.53. The second-order valence-electron chi connectivity index (χ2n) is 7.49. The molecule has 1 unspecified atom stereocenters. The van der Waals surface area contributed by atoms with Crippen molar-refractivity contribution >= 4 is 29.2 Å². The van der Waals surface area contributed by atoms with E-state index in [1.165, 1.54) is 0 Å². The number of benzene rings is 1. The van der Waals surface area contributed by atoms with Gasteiger partial charge in [-0.15, -0.1) is 11.3 Å². The third-order valence-corrected chi connectivity index (χ3v) is 6.47. The Balaban J connectivity index is 1.40. The van der Waals surface area contributed by atoms with Crippen LogP contribution in [0.3, 0.4) is 0 Å². The predicted molar refractivity (Wildman–Crippen MR) is 110 cm³/mol. The molecule has 1 atom stereocenters. The van der Waals surface area contributed by atoms with Gasteiger partial charge in [-0.3, -0.25) is 20.3 Å². The SMILES string of the molecule is O=C(CNC(c1ccccc1)c1cccs1)NN1C(=O)NC2(CCCCC2)C1=O. The van der Waals surface area contributed by atoms with Crippen molar-refractivity contribution in [3.05, 3.63) is 58.3 Å². The highest BCUT2D eigenvalue weighted by molar-refractivity contribution is 7.10. The van der Waals surface area contributed by atoms with Gasteiger partial charge in [0.25, 0.3) is 11.8 Å². The number of nitrogens with zero attached hydrogens (tertiary/aromatic N) is 1. The standard InChI is InChI=1S/C21H24N4O3S/c26-17(24-25-19(27)21(23-20(25)28)11-5-2-6-12-21)14-22-18(16-10-7-13-29-16)15-8-3-1-4-9-15/h1,3-4,7-10,13,18,22H,2,5-6,11-12,14H2,(H,23,28)(H,24,26). The zero-order valence-corrected chi connectivity index (χ0v) is 16.8. The van der Waals surface area contributed by atoms with Crippen LogP contribution in [0.15, 0.2) is 47.8 Å². The zero-order valence-electron chi connectivity index (χ0n) is 16.0. The highest BCUT2D eigenvalue weighted by Crippen LogP contribution is 2.33. The fourth-order valence-electron chi connectivity index (χ4n) is 4.06. The summed E-state index contributed by atoms with van der Waals surface area (Å²) in [6.07, 6.45) is 4.10. The molecule has 152 valence electrons. The molecule has 1 aliphatic heterocycles. The molecule has 4 rings (SSSR count).